The van der Waals surface area contributed by atoms with Crippen molar-refractivity contribution in [3.63, 3.8) is 0 Å². The van der Waals surface area contributed by atoms with Crippen LogP contribution in [0, 0.1) is 0 Å². The van der Waals surface area contributed by atoms with E-state index in [0.717, 1.165) is 30.1 Å². The molecule has 0 aliphatic heterocycles. The molecule has 3 rings (SSSR count). The van der Waals surface area contributed by atoms with E-state index >= 15 is 0 Å². The van der Waals surface area contributed by atoms with E-state index in [9.17, 15) is 0 Å². The minimum Gasteiger partial charge on any atom is -0.307 e. The molecule has 5 heteroatoms. The second-order valence-electron chi connectivity index (χ2n) is 4.00. The fourth-order valence-electron chi connectivity index (χ4n) is 1.81. The van der Waals surface area contributed by atoms with Gasteiger partial charge in [-0.2, -0.15) is 0 Å². The van der Waals surface area contributed by atoms with Gasteiger partial charge >= 0.3 is 0 Å². The van der Waals surface area contributed by atoms with Gasteiger partial charge in [0.15, 0.2) is 0 Å². The Hall–Kier alpha value is -2.27. The van der Waals surface area contributed by atoms with E-state index < -0.39 is 0 Å². The maximum Gasteiger partial charge on any atom is 0.137 e. The zero-order valence-corrected chi connectivity index (χ0v) is 9.82. The lowest BCUT2D eigenvalue weighted by atomic mass is 10.4. The molecule has 0 unspecified atom stereocenters. The summed E-state index contributed by atoms with van der Waals surface area (Å²) in [4.78, 5) is 12.6. The molecule has 0 saturated carbocycles. The van der Waals surface area contributed by atoms with Crippen molar-refractivity contribution >= 4 is 5.65 Å². The normalized spacial score (nSPS) is 10.9. The highest BCUT2D eigenvalue weighted by atomic mass is 15.0. The summed E-state index contributed by atoms with van der Waals surface area (Å²) < 4.78 is 2.02. The van der Waals surface area contributed by atoms with Crippen molar-refractivity contribution in [1.29, 1.82) is 0 Å². The highest BCUT2D eigenvalue weighted by molar-refractivity contribution is 5.39. The number of nitrogens with one attached hydrogen (secondary N) is 1. The molecule has 0 aliphatic carbocycles. The third kappa shape index (κ3) is 2.36. The van der Waals surface area contributed by atoms with Crippen LogP contribution >= 0.6 is 0 Å². The minimum absolute atomic E-state index is 0.719. The summed E-state index contributed by atoms with van der Waals surface area (Å²) in [7, 11) is 0. The zero-order chi connectivity index (χ0) is 12.2. The first-order valence-corrected chi connectivity index (χ1v) is 5.80. The SMILES string of the molecule is c1ccn2cc(CNCc3ccncn3)nc2c1. The molecule has 0 saturated heterocycles. The standard InChI is InChI=1S/C13H13N5/c1-2-6-18-9-12(17-13(18)3-1)8-15-7-11-4-5-14-10-16-11/h1-6,9-10,15H,7-8H2. The van der Waals surface area contributed by atoms with Crippen LogP contribution in [0.1, 0.15) is 11.4 Å². The summed E-state index contributed by atoms with van der Waals surface area (Å²) in [5.41, 5.74) is 2.97. The molecule has 0 aliphatic rings. The second-order valence-corrected chi connectivity index (χ2v) is 4.00. The second kappa shape index (κ2) is 4.93. The predicted molar refractivity (Wildman–Crippen MR) is 67.8 cm³/mol. The van der Waals surface area contributed by atoms with E-state index in [1.165, 1.54) is 0 Å². The maximum atomic E-state index is 4.51. The van der Waals surface area contributed by atoms with Gasteiger partial charge in [0.05, 0.1) is 11.4 Å². The third-order valence-corrected chi connectivity index (χ3v) is 2.67. The van der Waals surface area contributed by atoms with Crippen LogP contribution in [0.3, 0.4) is 0 Å². The molecular formula is C13H13N5. The number of rotatable bonds is 4. The Bertz CT molecular complexity index is 599. The van der Waals surface area contributed by atoms with Crippen LogP contribution in [0.25, 0.3) is 5.65 Å². The molecule has 90 valence electrons. The van der Waals surface area contributed by atoms with Gasteiger partial charge in [-0.05, 0) is 18.2 Å². The van der Waals surface area contributed by atoms with Crippen molar-refractivity contribution < 1.29 is 0 Å². The molecule has 0 spiro atoms. The molecule has 0 amide bonds. The van der Waals surface area contributed by atoms with Crippen LogP contribution in [-0.4, -0.2) is 19.4 Å². The monoisotopic (exact) mass is 239 g/mol. The quantitative estimate of drug-likeness (QED) is 0.748. The third-order valence-electron chi connectivity index (χ3n) is 2.67. The van der Waals surface area contributed by atoms with E-state index in [1.54, 1.807) is 12.5 Å². The summed E-state index contributed by atoms with van der Waals surface area (Å²) >= 11 is 0. The largest absolute Gasteiger partial charge is 0.307 e. The fourth-order valence-corrected chi connectivity index (χ4v) is 1.81. The number of hydrogen-bond acceptors (Lipinski definition) is 4. The maximum absolute atomic E-state index is 4.51. The smallest absolute Gasteiger partial charge is 0.137 e. The Balaban J connectivity index is 1.63. The Morgan fingerprint density at radius 1 is 1.11 bits per heavy atom. The fraction of sp³-hybridized carbons (Fsp3) is 0.154. The van der Waals surface area contributed by atoms with E-state index in [2.05, 4.69) is 20.3 Å². The van der Waals surface area contributed by atoms with E-state index in [1.807, 2.05) is 41.1 Å². The first-order valence-electron chi connectivity index (χ1n) is 5.80. The van der Waals surface area contributed by atoms with Gasteiger partial charge in [-0.3, -0.25) is 0 Å². The molecular weight excluding hydrogens is 226 g/mol. The van der Waals surface area contributed by atoms with Gasteiger partial charge in [-0.25, -0.2) is 15.0 Å². The van der Waals surface area contributed by atoms with Crippen LogP contribution in [0.4, 0.5) is 0 Å². The van der Waals surface area contributed by atoms with Crippen molar-refractivity contribution in [2.45, 2.75) is 13.1 Å². The van der Waals surface area contributed by atoms with Gasteiger partial charge in [0.2, 0.25) is 0 Å². The van der Waals surface area contributed by atoms with Gasteiger partial charge in [-0.15, -0.1) is 0 Å². The van der Waals surface area contributed by atoms with Gasteiger partial charge < -0.3 is 9.72 Å². The molecule has 0 atom stereocenters. The minimum atomic E-state index is 0.719. The van der Waals surface area contributed by atoms with Gasteiger partial charge in [0.1, 0.15) is 12.0 Å². The lowest BCUT2D eigenvalue weighted by Crippen LogP contribution is -2.13. The average Bonchev–Trinajstić information content (AvgIpc) is 2.82. The van der Waals surface area contributed by atoms with Crippen molar-refractivity contribution in [3.8, 4) is 0 Å². The van der Waals surface area contributed by atoms with E-state index in [0.29, 0.717) is 0 Å². The summed E-state index contributed by atoms with van der Waals surface area (Å²) in [6, 6.07) is 7.87. The van der Waals surface area contributed by atoms with Crippen LogP contribution in [0.15, 0.2) is 49.2 Å². The van der Waals surface area contributed by atoms with Crippen molar-refractivity contribution in [2.75, 3.05) is 0 Å². The van der Waals surface area contributed by atoms with Gasteiger partial charge in [0, 0.05) is 31.7 Å². The summed E-state index contributed by atoms with van der Waals surface area (Å²) in [5, 5.41) is 3.31. The Morgan fingerprint density at radius 3 is 2.89 bits per heavy atom. The lowest BCUT2D eigenvalue weighted by molar-refractivity contribution is 0.668. The molecule has 0 radical (unpaired) electrons. The molecule has 3 heterocycles. The van der Waals surface area contributed by atoms with Crippen molar-refractivity contribution in [2.24, 2.45) is 0 Å². The van der Waals surface area contributed by atoms with Crippen LogP contribution < -0.4 is 5.32 Å². The number of hydrogen-bond donors (Lipinski definition) is 1. The van der Waals surface area contributed by atoms with Crippen LogP contribution in [0.2, 0.25) is 0 Å². The zero-order valence-electron chi connectivity index (χ0n) is 9.82. The summed E-state index contributed by atoms with van der Waals surface area (Å²) in [5.74, 6) is 0. The Morgan fingerprint density at radius 2 is 2.06 bits per heavy atom. The number of aromatic nitrogens is 4. The first-order chi connectivity index (χ1) is 8.92. The lowest BCUT2D eigenvalue weighted by Gasteiger charge is -2.00. The number of fused-ring (bicyclic) bond motifs is 1. The number of pyridine rings is 1. The van der Waals surface area contributed by atoms with E-state index in [4.69, 9.17) is 0 Å². The van der Waals surface area contributed by atoms with Crippen molar-refractivity contribution in [1.82, 2.24) is 24.7 Å². The van der Waals surface area contributed by atoms with Crippen LogP contribution in [-0.2, 0) is 13.1 Å². The molecule has 3 aromatic heterocycles. The number of imidazole rings is 1. The summed E-state index contributed by atoms with van der Waals surface area (Å²) in [6.45, 7) is 1.45. The molecule has 3 aromatic rings. The Labute approximate surface area is 105 Å². The molecule has 0 aromatic carbocycles. The van der Waals surface area contributed by atoms with Gasteiger partial charge in [0.25, 0.3) is 0 Å². The summed E-state index contributed by atoms with van der Waals surface area (Å²) in [6.07, 6.45) is 7.33. The molecule has 0 fully saturated rings. The van der Waals surface area contributed by atoms with Gasteiger partial charge in [-0.1, -0.05) is 6.07 Å². The molecule has 0 bridgehead atoms. The first kappa shape index (κ1) is 10.9. The van der Waals surface area contributed by atoms with Crippen LogP contribution in [0.5, 0.6) is 0 Å². The number of nitrogens with zero attached hydrogens (tertiary/aromatic N) is 4. The molecule has 5 nitrogen and oxygen atoms in total. The average molecular weight is 239 g/mol. The molecule has 1 N–H and O–H groups in total. The highest BCUT2D eigenvalue weighted by Crippen LogP contribution is 2.04. The molecule has 18 heavy (non-hydrogen) atoms. The highest BCUT2D eigenvalue weighted by Gasteiger charge is 2.00. The van der Waals surface area contributed by atoms with Crippen molar-refractivity contribution in [3.05, 3.63) is 60.6 Å². The predicted octanol–water partition coefficient (Wildman–Crippen LogP) is 1.41. The van der Waals surface area contributed by atoms with E-state index in [-0.39, 0.29) is 0 Å². The topological polar surface area (TPSA) is 55.1 Å². The Kier molecular flexibility index (Phi) is 2.97.